The molecule has 7 heteroatoms. The fourth-order valence-electron chi connectivity index (χ4n) is 1.75. The number of nitrogens with one attached hydrogen (secondary N) is 1. The Morgan fingerprint density at radius 1 is 1.27 bits per heavy atom. The minimum atomic E-state index is -0.164. The van der Waals surface area contributed by atoms with Gasteiger partial charge in [-0.3, -0.25) is 4.79 Å². The van der Waals surface area contributed by atoms with Crippen molar-refractivity contribution in [1.29, 1.82) is 0 Å². The monoisotopic (exact) mass is 353 g/mol. The molecule has 22 heavy (non-hydrogen) atoms. The molecule has 2 aromatic rings. The van der Waals surface area contributed by atoms with E-state index in [2.05, 4.69) is 34.6 Å². The highest BCUT2D eigenvalue weighted by Crippen LogP contribution is 2.30. The van der Waals surface area contributed by atoms with Gasteiger partial charge in [0.1, 0.15) is 0 Å². The first-order chi connectivity index (χ1) is 10.7. The zero-order chi connectivity index (χ0) is 15.8. The van der Waals surface area contributed by atoms with Crippen molar-refractivity contribution in [2.45, 2.75) is 34.2 Å². The second-order valence-corrected chi connectivity index (χ2v) is 8.63. The van der Waals surface area contributed by atoms with Gasteiger partial charge in [-0.15, -0.1) is 10.2 Å². The SMILES string of the molecule is CCSc1nnc(SC(C)C(=O)NCCc2ccccc2)s1. The third-order valence-corrected chi connectivity index (χ3v) is 5.98. The van der Waals surface area contributed by atoms with Crippen LogP contribution in [0.25, 0.3) is 0 Å². The molecule has 0 radical (unpaired) electrons. The van der Waals surface area contributed by atoms with E-state index in [1.807, 2.05) is 25.1 Å². The first-order valence-corrected chi connectivity index (χ1v) is 9.81. The number of nitrogens with zero attached hydrogens (tertiary/aromatic N) is 2. The van der Waals surface area contributed by atoms with Crippen molar-refractivity contribution in [3.63, 3.8) is 0 Å². The topological polar surface area (TPSA) is 54.9 Å². The van der Waals surface area contributed by atoms with Crippen LogP contribution in [0.4, 0.5) is 0 Å². The Morgan fingerprint density at radius 3 is 2.73 bits per heavy atom. The molecule has 1 heterocycles. The van der Waals surface area contributed by atoms with Crippen molar-refractivity contribution in [3.05, 3.63) is 35.9 Å². The van der Waals surface area contributed by atoms with E-state index in [1.54, 1.807) is 23.1 Å². The van der Waals surface area contributed by atoms with Crippen LogP contribution in [-0.4, -0.2) is 33.7 Å². The Morgan fingerprint density at radius 2 is 2.00 bits per heavy atom. The van der Waals surface area contributed by atoms with Crippen LogP contribution in [0.1, 0.15) is 19.4 Å². The zero-order valence-corrected chi connectivity index (χ0v) is 15.1. The molecule has 0 spiro atoms. The van der Waals surface area contributed by atoms with E-state index in [1.165, 1.54) is 17.3 Å². The lowest BCUT2D eigenvalue weighted by molar-refractivity contribution is -0.120. The summed E-state index contributed by atoms with van der Waals surface area (Å²) in [5.74, 6) is 1.02. The van der Waals surface area contributed by atoms with Crippen molar-refractivity contribution in [2.75, 3.05) is 12.3 Å². The Labute approximate surface area is 143 Å². The minimum absolute atomic E-state index is 0.0424. The molecule has 0 aliphatic heterocycles. The van der Waals surface area contributed by atoms with Crippen LogP contribution < -0.4 is 5.32 Å². The maximum Gasteiger partial charge on any atom is 0.233 e. The molecule has 1 amide bonds. The van der Waals surface area contributed by atoms with E-state index >= 15 is 0 Å². The zero-order valence-electron chi connectivity index (χ0n) is 12.6. The molecule has 0 saturated heterocycles. The lowest BCUT2D eigenvalue weighted by Crippen LogP contribution is -2.32. The number of thioether (sulfide) groups is 2. The van der Waals surface area contributed by atoms with E-state index in [4.69, 9.17) is 0 Å². The van der Waals surface area contributed by atoms with Gasteiger partial charge in [0.2, 0.25) is 5.91 Å². The van der Waals surface area contributed by atoms with Crippen molar-refractivity contribution in [1.82, 2.24) is 15.5 Å². The van der Waals surface area contributed by atoms with Gasteiger partial charge in [-0.1, -0.05) is 72.1 Å². The van der Waals surface area contributed by atoms with Crippen molar-refractivity contribution < 1.29 is 4.79 Å². The van der Waals surface area contributed by atoms with E-state index < -0.39 is 0 Å². The largest absolute Gasteiger partial charge is 0.355 e. The smallest absolute Gasteiger partial charge is 0.233 e. The van der Waals surface area contributed by atoms with E-state index in [0.717, 1.165) is 20.9 Å². The number of carbonyl (C=O) groups excluding carboxylic acids is 1. The van der Waals surface area contributed by atoms with Gasteiger partial charge in [0, 0.05) is 6.54 Å². The first kappa shape index (κ1) is 17.3. The summed E-state index contributed by atoms with van der Waals surface area (Å²) in [4.78, 5) is 12.1. The predicted octanol–water partition coefficient (Wildman–Crippen LogP) is 3.49. The number of aromatic nitrogens is 2. The fraction of sp³-hybridized carbons (Fsp3) is 0.400. The Hall–Kier alpha value is -1.05. The van der Waals surface area contributed by atoms with Gasteiger partial charge < -0.3 is 5.32 Å². The number of amides is 1. The normalized spacial score (nSPS) is 12.1. The summed E-state index contributed by atoms with van der Waals surface area (Å²) in [5.41, 5.74) is 1.23. The van der Waals surface area contributed by atoms with Crippen LogP contribution in [0.5, 0.6) is 0 Å². The highest BCUT2D eigenvalue weighted by atomic mass is 32.2. The molecule has 0 saturated carbocycles. The summed E-state index contributed by atoms with van der Waals surface area (Å²) in [6.07, 6.45) is 0.847. The highest BCUT2D eigenvalue weighted by molar-refractivity contribution is 8.03. The van der Waals surface area contributed by atoms with Gasteiger partial charge in [0.05, 0.1) is 5.25 Å². The van der Waals surface area contributed by atoms with Crippen LogP contribution in [0.2, 0.25) is 0 Å². The summed E-state index contributed by atoms with van der Waals surface area (Å²) >= 11 is 4.69. The number of hydrogen-bond acceptors (Lipinski definition) is 6. The minimum Gasteiger partial charge on any atom is -0.355 e. The third kappa shape index (κ3) is 5.62. The van der Waals surface area contributed by atoms with Crippen LogP contribution in [-0.2, 0) is 11.2 Å². The van der Waals surface area contributed by atoms with Crippen molar-refractivity contribution in [2.24, 2.45) is 0 Å². The quantitative estimate of drug-likeness (QED) is 0.736. The van der Waals surface area contributed by atoms with Gasteiger partial charge in [-0.05, 0) is 24.7 Å². The first-order valence-electron chi connectivity index (χ1n) is 7.13. The van der Waals surface area contributed by atoms with Gasteiger partial charge in [-0.25, -0.2) is 0 Å². The molecule has 1 unspecified atom stereocenters. The number of benzene rings is 1. The van der Waals surface area contributed by atoms with Crippen LogP contribution >= 0.6 is 34.9 Å². The van der Waals surface area contributed by atoms with E-state index in [9.17, 15) is 4.79 Å². The third-order valence-electron chi connectivity index (χ3n) is 2.86. The Balaban J connectivity index is 1.74. The maximum atomic E-state index is 12.1. The summed E-state index contributed by atoms with van der Waals surface area (Å²) in [6, 6.07) is 10.2. The summed E-state index contributed by atoms with van der Waals surface area (Å²) in [7, 11) is 0. The second-order valence-electron chi connectivity index (χ2n) is 4.55. The number of hydrogen-bond donors (Lipinski definition) is 1. The lowest BCUT2D eigenvalue weighted by Gasteiger charge is -2.10. The second kappa shape index (κ2) is 9.17. The van der Waals surface area contributed by atoms with Gasteiger partial charge in [0.25, 0.3) is 0 Å². The molecule has 0 aliphatic rings. The molecule has 118 valence electrons. The van der Waals surface area contributed by atoms with Crippen molar-refractivity contribution in [3.8, 4) is 0 Å². The fourth-order valence-corrected chi connectivity index (χ4v) is 4.84. The molecule has 0 aliphatic carbocycles. The molecule has 0 bridgehead atoms. The molecular formula is C15H19N3OS3. The maximum absolute atomic E-state index is 12.1. The molecule has 1 aromatic carbocycles. The summed E-state index contributed by atoms with van der Waals surface area (Å²) < 4.78 is 1.81. The van der Waals surface area contributed by atoms with Crippen LogP contribution in [0.3, 0.4) is 0 Å². The molecule has 1 aromatic heterocycles. The molecule has 1 N–H and O–H groups in total. The summed E-state index contributed by atoms with van der Waals surface area (Å²) in [6.45, 7) is 4.64. The van der Waals surface area contributed by atoms with Gasteiger partial charge >= 0.3 is 0 Å². The average Bonchev–Trinajstić information content (AvgIpc) is 2.96. The average molecular weight is 354 g/mol. The standard InChI is InChI=1S/C15H19N3OS3/c1-3-20-14-17-18-15(22-14)21-11(2)13(19)16-10-9-12-7-5-4-6-8-12/h4-8,11H,3,9-10H2,1-2H3,(H,16,19). The number of rotatable bonds is 8. The highest BCUT2D eigenvalue weighted by Gasteiger charge is 2.16. The van der Waals surface area contributed by atoms with Crippen LogP contribution in [0.15, 0.2) is 39.0 Å². The molecule has 4 nitrogen and oxygen atoms in total. The van der Waals surface area contributed by atoms with E-state index in [-0.39, 0.29) is 11.2 Å². The summed E-state index contributed by atoms with van der Waals surface area (Å²) in [5, 5.41) is 11.0. The number of carbonyl (C=O) groups is 1. The van der Waals surface area contributed by atoms with E-state index in [0.29, 0.717) is 6.54 Å². The van der Waals surface area contributed by atoms with Crippen molar-refractivity contribution >= 4 is 40.8 Å². The molecule has 2 rings (SSSR count). The van der Waals surface area contributed by atoms with Gasteiger partial charge in [-0.2, -0.15) is 0 Å². The van der Waals surface area contributed by atoms with Crippen LogP contribution in [0, 0.1) is 0 Å². The Kier molecular flexibility index (Phi) is 7.21. The molecule has 0 fully saturated rings. The van der Waals surface area contributed by atoms with Gasteiger partial charge in [0.15, 0.2) is 8.68 Å². The Bertz CT molecular complexity index is 589. The molecular weight excluding hydrogens is 334 g/mol. The predicted molar refractivity (Wildman–Crippen MR) is 94.8 cm³/mol. The lowest BCUT2D eigenvalue weighted by atomic mass is 10.1. The molecule has 1 atom stereocenters.